The van der Waals surface area contributed by atoms with Crippen LogP contribution in [0.5, 0.6) is 0 Å². The van der Waals surface area contributed by atoms with Gasteiger partial charge in [0.2, 0.25) is 0 Å². The number of ether oxygens (including phenoxy) is 1. The number of Topliss-reactive ketones (excluding diaryl/α,β-unsaturated/α-hetero) is 1. The highest BCUT2D eigenvalue weighted by Gasteiger charge is 2.23. The standard InChI is InChI=1S/C16H16O3/c1-3-19-16(18)11(2)15(17)14-9-8-12-6-4-5-7-13(12)10-14/h4-11H,3H2,1-2H3/t11-/m1/s1. The van der Waals surface area contributed by atoms with Gasteiger partial charge in [-0.05, 0) is 30.7 Å². The normalized spacial score (nSPS) is 12.1. The van der Waals surface area contributed by atoms with Crippen LogP contribution in [-0.2, 0) is 9.53 Å². The van der Waals surface area contributed by atoms with Crippen LogP contribution in [0.25, 0.3) is 10.8 Å². The van der Waals surface area contributed by atoms with E-state index in [0.29, 0.717) is 5.56 Å². The molecule has 2 rings (SSSR count). The minimum Gasteiger partial charge on any atom is -0.465 e. The highest BCUT2D eigenvalue weighted by Crippen LogP contribution is 2.18. The van der Waals surface area contributed by atoms with Gasteiger partial charge in [-0.2, -0.15) is 0 Å². The molecule has 0 amide bonds. The van der Waals surface area contributed by atoms with E-state index >= 15 is 0 Å². The Hall–Kier alpha value is -2.16. The zero-order valence-electron chi connectivity index (χ0n) is 11.1. The minimum absolute atomic E-state index is 0.204. The van der Waals surface area contributed by atoms with Crippen LogP contribution in [0.4, 0.5) is 0 Å². The Morgan fingerprint density at radius 2 is 1.79 bits per heavy atom. The molecule has 2 aromatic carbocycles. The lowest BCUT2D eigenvalue weighted by molar-refractivity contribution is -0.145. The SMILES string of the molecule is CCOC(=O)[C@H](C)C(=O)c1ccc2ccccc2c1. The number of hydrogen-bond donors (Lipinski definition) is 0. The Morgan fingerprint density at radius 1 is 1.11 bits per heavy atom. The van der Waals surface area contributed by atoms with Crippen LogP contribution in [0.1, 0.15) is 24.2 Å². The molecule has 3 heteroatoms. The molecule has 0 saturated heterocycles. The van der Waals surface area contributed by atoms with Crippen LogP contribution in [0, 0.1) is 5.92 Å². The Bertz CT molecular complexity index is 616. The molecule has 0 heterocycles. The first-order valence-electron chi connectivity index (χ1n) is 6.33. The van der Waals surface area contributed by atoms with Gasteiger partial charge in [-0.1, -0.05) is 36.4 Å². The van der Waals surface area contributed by atoms with Gasteiger partial charge in [0.25, 0.3) is 0 Å². The largest absolute Gasteiger partial charge is 0.465 e. The topological polar surface area (TPSA) is 43.4 Å². The predicted molar refractivity (Wildman–Crippen MR) is 74.1 cm³/mol. The summed E-state index contributed by atoms with van der Waals surface area (Å²) in [4.78, 5) is 23.8. The Morgan fingerprint density at radius 3 is 2.47 bits per heavy atom. The lowest BCUT2D eigenvalue weighted by atomic mass is 9.97. The summed E-state index contributed by atoms with van der Waals surface area (Å²) in [6.07, 6.45) is 0. The van der Waals surface area contributed by atoms with Crippen LogP contribution >= 0.6 is 0 Å². The predicted octanol–water partition coefficient (Wildman–Crippen LogP) is 3.22. The van der Waals surface area contributed by atoms with Gasteiger partial charge in [0.1, 0.15) is 5.92 Å². The minimum atomic E-state index is -0.763. The smallest absolute Gasteiger partial charge is 0.316 e. The third kappa shape index (κ3) is 2.81. The Balaban J connectivity index is 2.28. The number of rotatable bonds is 4. The third-order valence-corrected chi connectivity index (χ3v) is 3.07. The fourth-order valence-corrected chi connectivity index (χ4v) is 1.97. The summed E-state index contributed by atoms with van der Waals surface area (Å²) >= 11 is 0. The molecule has 0 fully saturated rings. The average Bonchev–Trinajstić information content (AvgIpc) is 2.45. The van der Waals surface area contributed by atoms with E-state index < -0.39 is 11.9 Å². The highest BCUT2D eigenvalue weighted by atomic mass is 16.5. The summed E-state index contributed by atoms with van der Waals surface area (Å²) in [5.74, 6) is -1.44. The van der Waals surface area contributed by atoms with Gasteiger partial charge in [0.15, 0.2) is 5.78 Å². The molecule has 3 nitrogen and oxygen atoms in total. The molecule has 0 N–H and O–H groups in total. The maximum absolute atomic E-state index is 12.2. The number of benzene rings is 2. The maximum Gasteiger partial charge on any atom is 0.316 e. The lowest BCUT2D eigenvalue weighted by Gasteiger charge is -2.10. The monoisotopic (exact) mass is 256 g/mol. The van der Waals surface area contributed by atoms with Crippen molar-refractivity contribution in [3.8, 4) is 0 Å². The average molecular weight is 256 g/mol. The molecule has 2 aromatic rings. The fraction of sp³-hybridized carbons (Fsp3) is 0.250. The molecule has 0 radical (unpaired) electrons. The van der Waals surface area contributed by atoms with Crippen LogP contribution in [-0.4, -0.2) is 18.4 Å². The molecule has 0 bridgehead atoms. The molecular formula is C16H16O3. The van der Waals surface area contributed by atoms with Crippen molar-refractivity contribution in [2.75, 3.05) is 6.61 Å². The van der Waals surface area contributed by atoms with Gasteiger partial charge in [-0.15, -0.1) is 0 Å². The summed E-state index contributed by atoms with van der Waals surface area (Å²) < 4.78 is 4.87. The molecule has 1 atom stereocenters. The Kier molecular flexibility index (Phi) is 3.95. The van der Waals surface area contributed by atoms with Crippen LogP contribution < -0.4 is 0 Å². The molecule has 0 unspecified atom stereocenters. The summed E-state index contributed by atoms with van der Waals surface area (Å²) in [6, 6.07) is 13.3. The first-order chi connectivity index (χ1) is 9.13. The van der Waals surface area contributed by atoms with E-state index in [-0.39, 0.29) is 12.4 Å². The molecule has 0 spiro atoms. The van der Waals surface area contributed by atoms with Crippen molar-refractivity contribution < 1.29 is 14.3 Å². The Labute approximate surface area is 112 Å². The van der Waals surface area contributed by atoms with Crippen LogP contribution in [0.15, 0.2) is 42.5 Å². The number of carbonyl (C=O) groups excluding carboxylic acids is 2. The zero-order valence-corrected chi connectivity index (χ0v) is 11.1. The first kappa shape index (κ1) is 13.3. The molecule has 0 saturated carbocycles. The van der Waals surface area contributed by atoms with Gasteiger partial charge in [-0.25, -0.2) is 0 Å². The van der Waals surface area contributed by atoms with Crippen molar-refractivity contribution in [2.24, 2.45) is 5.92 Å². The van der Waals surface area contributed by atoms with E-state index in [1.165, 1.54) is 0 Å². The number of esters is 1. The second kappa shape index (κ2) is 5.65. The molecule has 0 aliphatic carbocycles. The molecule has 0 aliphatic heterocycles. The molecular weight excluding hydrogens is 240 g/mol. The van der Waals surface area contributed by atoms with E-state index in [2.05, 4.69) is 0 Å². The highest BCUT2D eigenvalue weighted by molar-refractivity contribution is 6.09. The fourth-order valence-electron chi connectivity index (χ4n) is 1.97. The van der Waals surface area contributed by atoms with Crippen LogP contribution in [0.2, 0.25) is 0 Å². The van der Waals surface area contributed by atoms with Crippen molar-refractivity contribution >= 4 is 22.5 Å². The van der Waals surface area contributed by atoms with E-state index in [4.69, 9.17) is 4.74 Å². The van der Waals surface area contributed by atoms with Crippen molar-refractivity contribution in [3.05, 3.63) is 48.0 Å². The van der Waals surface area contributed by atoms with Gasteiger partial charge in [0.05, 0.1) is 6.61 Å². The zero-order chi connectivity index (χ0) is 13.8. The maximum atomic E-state index is 12.2. The van der Waals surface area contributed by atoms with Crippen molar-refractivity contribution in [2.45, 2.75) is 13.8 Å². The lowest BCUT2D eigenvalue weighted by Crippen LogP contribution is -2.23. The molecule has 98 valence electrons. The number of hydrogen-bond acceptors (Lipinski definition) is 3. The van der Waals surface area contributed by atoms with E-state index in [1.807, 2.05) is 36.4 Å². The number of carbonyl (C=O) groups is 2. The van der Waals surface area contributed by atoms with Crippen molar-refractivity contribution in [1.29, 1.82) is 0 Å². The van der Waals surface area contributed by atoms with Crippen molar-refractivity contribution in [3.63, 3.8) is 0 Å². The van der Waals surface area contributed by atoms with Gasteiger partial charge < -0.3 is 4.74 Å². The molecule has 0 aromatic heterocycles. The van der Waals surface area contributed by atoms with Crippen molar-refractivity contribution in [1.82, 2.24) is 0 Å². The first-order valence-corrected chi connectivity index (χ1v) is 6.33. The number of ketones is 1. The third-order valence-electron chi connectivity index (χ3n) is 3.07. The van der Waals surface area contributed by atoms with E-state index in [1.54, 1.807) is 19.9 Å². The second-order valence-corrected chi connectivity index (χ2v) is 4.40. The second-order valence-electron chi connectivity index (χ2n) is 4.40. The van der Waals surface area contributed by atoms with Gasteiger partial charge in [0, 0.05) is 5.56 Å². The van der Waals surface area contributed by atoms with Gasteiger partial charge in [-0.3, -0.25) is 9.59 Å². The summed E-state index contributed by atoms with van der Waals surface area (Å²) in [6.45, 7) is 3.59. The quantitative estimate of drug-likeness (QED) is 0.479. The molecule has 0 aliphatic rings. The summed E-state index contributed by atoms with van der Waals surface area (Å²) in [5, 5.41) is 2.06. The van der Waals surface area contributed by atoms with Crippen LogP contribution in [0.3, 0.4) is 0 Å². The summed E-state index contributed by atoms with van der Waals surface area (Å²) in [5.41, 5.74) is 0.541. The van der Waals surface area contributed by atoms with Gasteiger partial charge >= 0.3 is 5.97 Å². The van der Waals surface area contributed by atoms with E-state index in [9.17, 15) is 9.59 Å². The molecule has 19 heavy (non-hydrogen) atoms. The number of fused-ring (bicyclic) bond motifs is 1. The summed E-state index contributed by atoms with van der Waals surface area (Å²) in [7, 11) is 0. The van der Waals surface area contributed by atoms with E-state index in [0.717, 1.165) is 10.8 Å².